The molecule has 2 amide bonds. The molecule has 0 atom stereocenters. The summed E-state index contributed by atoms with van der Waals surface area (Å²) in [6.07, 6.45) is 5.90. The van der Waals surface area contributed by atoms with Gasteiger partial charge in [-0.1, -0.05) is 32.6 Å². The minimum absolute atomic E-state index is 0.132. The zero-order valence-corrected chi connectivity index (χ0v) is 10.9. The zero-order valence-electron chi connectivity index (χ0n) is 10.9. The molecule has 1 saturated carbocycles. The van der Waals surface area contributed by atoms with Gasteiger partial charge in [-0.2, -0.15) is 5.26 Å². The summed E-state index contributed by atoms with van der Waals surface area (Å²) in [6, 6.07) is 1.75. The highest BCUT2D eigenvalue weighted by Crippen LogP contribution is 2.29. The second-order valence-corrected chi connectivity index (χ2v) is 5.01. The lowest BCUT2D eigenvalue weighted by Crippen LogP contribution is -2.40. The molecular weight excluding hydrogens is 230 g/mol. The quantitative estimate of drug-likeness (QED) is 0.576. The van der Waals surface area contributed by atoms with Crippen molar-refractivity contribution in [3.8, 4) is 6.07 Å². The Balaban J connectivity index is 2.12. The van der Waals surface area contributed by atoms with Crippen molar-refractivity contribution in [1.29, 1.82) is 5.26 Å². The van der Waals surface area contributed by atoms with E-state index < -0.39 is 11.8 Å². The molecule has 5 heteroatoms. The van der Waals surface area contributed by atoms with Crippen LogP contribution in [0, 0.1) is 23.2 Å². The van der Waals surface area contributed by atoms with Gasteiger partial charge in [-0.15, -0.1) is 0 Å². The Morgan fingerprint density at radius 2 is 1.78 bits per heavy atom. The molecule has 1 aliphatic rings. The fourth-order valence-corrected chi connectivity index (χ4v) is 2.29. The van der Waals surface area contributed by atoms with Crippen molar-refractivity contribution in [2.75, 3.05) is 13.1 Å². The van der Waals surface area contributed by atoms with Crippen LogP contribution in [0.25, 0.3) is 0 Å². The first kappa shape index (κ1) is 14.5. The highest BCUT2D eigenvalue weighted by Gasteiger charge is 2.18. The summed E-state index contributed by atoms with van der Waals surface area (Å²) in [5.41, 5.74) is 0. The molecule has 2 N–H and O–H groups in total. The molecule has 0 unspecified atom stereocenters. The van der Waals surface area contributed by atoms with Crippen LogP contribution in [0.4, 0.5) is 0 Å². The largest absolute Gasteiger partial charge is 0.348 e. The van der Waals surface area contributed by atoms with Crippen LogP contribution in [-0.4, -0.2) is 24.9 Å². The summed E-state index contributed by atoms with van der Waals surface area (Å²) < 4.78 is 0. The monoisotopic (exact) mass is 251 g/mol. The Morgan fingerprint density at radius 1 is 1.17 bits per heavy atom. The Labute approximate surface area is 108 Å². The van der Waals surface area contributed by atoms with Crippen molar-refractivity contribution in [2.24, 2.45) is 11.8 Å². The van der Waals surface area contributed by atoms with E-state index in [0.29, 0.717) is 12.5 Å². The average molecular weight is 251 g/mol. The van der Waals surface area contributed by atoms with Gasteiger partial charge in [-0.25, -0.2) is 0 Å². The van der Waals surface area contributed by atoms with Crippen LogP contribution in [0.3, 0.4) is 0 Å². The SMILES string of the molecule is CC1CCC(CCNC(=O)C(=O)NCC#N)CC1. The van der Waals surface area contributed by atoms with Crippen molar-refractivity contribution in [1.82, 2.24) is 10.6 Å². The fraction of sp³-hybridized carbons (Fsp3) is 0.769. The maximum Gasteiger partial charge on any atom is 0.310 e. The Bertz CT molecular complexity index is 328. The first-order valence-corrected chi connectivity index (χ1v) is 6.56. The van der Waals surface area contributed by atoms with Crippen LogP contribution in [0.1, 0.15) is 39.0 Å². The van der Waals surface area contributed by atoms with Gasteiger partial charge in [0.2, 0.25) is 0 Å². The number of carbonyl (C=O) groups is 2. The molecule has 1 rings (SSSR count). The lowest BCUT2D eigenvalue weighted by Gasteiger charge is -2.25. The lowest BCUT2D eigenvalue weighted by atomic mass is 9.81. The number of hydrogen-bond acceptors (Lipinski definition) is 3. The number of hydrogen-bond donors (Lipinski definition) is 2. The van der Waals surface area contributed by atoms with Crippen molar-refractivity contribution in [2.45, 2.75) is 39.0 Å². The first-order valence-electron chi connectivity index (χ1n) is 6.56. The third-order valence-electron chi connectivity index (χ3n) is 3.51. The molecule has 0 aromatic carbocycles. The summed E-state index contributed by atoms with van der Waals surface area (Å²) >= 11 is 0. The van der Waals surface area contributed by atoms with E-state index in [9.17, 15) is 9.59 Å². The minimum Gasteiger partial charge on any atom is -0.348 e. The van der Waals surface area contributed by atoms with Gasteiger partial charge < -0.3 is 10.6 Å². The van der Waals surface area contributed by atoms with E-state index in [1.165, 1.54) is 25.7 Å². The van der Waals surface area contributed by atoms with Gasteiger partial charge in [0.25, 0.3) is 0 Å². The van der Waals surface area contributed by atoms with E-state index in [1.54, 1.807) is 6.07 Å². The molecule has 0 spiro atoms. The van der Waals surface area contributed by atoms with E-state index >= 15 is 0 Å². The highest BCUT2D eigenvalue weighted by molar-refractivity contribution is 6.35. The molecule has 1 fully saturated rings. The maximum absolute atomic E-state index is 11.3. The predicted molar refractivity (Wildman–Crippen MR) is 67.4 cm³/mol. The van der Waals surface area contributed by atoms with Crippen molar-refractivity contribution in [3.05, 3.63) is 0 Å². The number of rotatable bonds is 4. The number of nitriles is 1. The topological polar surface area (TPSA) is 82.0 Å². The summed E-state index contributed by atoms with van der Waals surface area (Å²) in [6.45, 7) is 2.68. The lowest BCUT2D eigenvalue weighted by molar-refractivity contribution is -0.139. The molecule has 0 aliphatic heterocycles. The van der Waals surface area contributed by atoms with E-state index in [1.807, 2.05) is 0 Å². The van der Waals surface area contributed by atoms with Crippen LogP contribution >= 0.6 is 0 Å². The molecule has 0 saturated heterocycles. The van der Waals surface area contributed by atoms with E-state index in [0.717, 1.165) is 12.3 Å². The smallest absolute Gasteiger partial charge is 0.310 e. The summed E-state index contributed by atoms with van der Waals surface area (Å²) in [5, 5.41) is 13.1. The molecule has 5 nitrogen and oxygen atoms in total. The molecule has 1 aliphatic carbocycles. The molecule has 18 heavy (non-hydrogen) atoms. The van der Waals surface area contributed by atoms with E-state index in [2.05, 4.69) is 17.6 Å². The van der Waals surface area contributed by atoms with Gasteiger partial charge in [0.15, 0.2) is 0 Å². The number of nitrogens with one attached hydrogen (secondary N) is 2. The third kappa shape index (κ3) is 5.17. The van der Waals surface area contributed by atoms with Gasteiger partial charge in [0.1, 0.15) is 6.54 Å². The number of carbonyl (C=O) groups excluding carboxylic acids is 2. The van der Waals surface area contributed by atoms with Crippen LogP contribution in [0.15, 0.2) is 0 Å². The van der Waals surface area contributed by atoms with Crippen molar-refractivity contribution < 1.29 is 9.59 Å². The fourth-order valence-electron chi connectivity index (χ4n) is 2.29. The predicted octanol–water partition coefficient (Wildman–Crippen LogP) is 0.959. The molecule has 0 aromatic heterocycles. The van der Waals surface area contributed by atoms with Crippen LogP contribution in [0.2, 0.25) is 0 Å². The van der Waals surface area contributed by atoms with Gasteiger partial charge in [-0.05, 0) is 18.3 Å². The third-order valence-corrected chi connectivity index (χ3v) is 3.51. The molecule has 0 bridgehead atoms. The second kappa shape index (κ2) is 7.70. The summed E-state index contributed by atoms with van der Waals surface area (Å²) in [7, 11) is 0. The normalized spacial score (nSPS) is 22.9. The minimum atomic E-state index is -0.728. The van der Waals surface area contributed by atoms with Gasteiger partial charge in [0, 0.05) is 6.54 Å². The Morgan fingerprint density at radius 3 is 2.39 bits per heavy atom. The molecule has 100 valence electrons. The van der Waals surface area contributed by atoms with Crippen molar-refractivity contribution >= 4 is 11.8 Å². The standard InChI is InChI=1S/C13H21N3O2/c1-10-2-4-11(5-3-10)6-8-15-12(17)13(18)16-9-7-14/h10-11H,2-6,8-9H2,1H3,(H,15,17)(H,16,18). The number of amides is 2. The Hall–Kier alpha value is -1.57. The van der Waals surface area contributed by atoms with Crippen LogP contribution < -0.4 is 10.6 Å². The zero-order chi connectivity index (χ0) is 13.4. The van der Waals surface area contributed by atoms with E-state index in [4.69, 9.17) is 5.26 Å². The molecular formula is C13H21N3O2. The van der Waals surface area contributed by atoms with Gasteiger partial charge in [0.05, 0.1) is 6.07 Å². The average Bonchev–Trinajstić information content (AvgIpc) is 2.38. The highest BCUT2D eigenvalue weighted by atomic mass is 16.2. The second-order valence-electron chi connectivity index (χ2n) is 5.01. The van der Waals surface area contributed by atoms with Crippen LogP contribution in [-0.2, 0) is 9.59 Å². The van der Waals surface area contributed by atoms with Crippen molar-refractivity contribution in [3.63, 3.8) is 0 Å². The molecule has 0 aromatic rings. The van der Waals surface area contributed by atoms with Gasteiger partial charge in [-0.3, -0.25) is 9.59 Å². The summed E-state index contributed by atoms with van der Waals surface area (Å²) in [4.78, 5) is 22.5. The molecule has 0 radical (unpaired) electrons. The summed E-state index contributed by atoms with van der Waals surface area (Å²) in [5.74, 6) is 0.125. The number of nitrogens with zero attached hydrogens (tertiary/aromatic N) is 1. The van der Waals surface area contributed by atoms with E-state index in [-0.39, 0.29) is 6.54 Å². The Kier molecular flexibility index (Phi) is 6.20. The molecule has 0 heterocycles. The first-order chi connectivity index (χ1) is 8.63. The van der Waals surface area contributed by atoms with Gasteiger partial charge >= 0.3 is 11.8 Å². The van der Waals surface area contributed by atoms with Crippen LogP contribution in [0.5, 0.6) is 0 Å². The maximum atomic E-state index is 11.3.